The van der Waals surface area contributed by atoms with Crippen molar-refractivity contribution in [1.82, 2.24) is 9.97 Å². The number of amides is 1. The van der Waals surface area contributed by atoms with Gasteiger partial charge >= 0.3 is 6.18 Å². The molecule has 1 aromatic rings. The van der Waals surface area contributed by atoms with Crippen LogP contribution in [0.3, 0.4) is 0 Å². The molecule has 1 heterocycles. The van der Waals surface area contributed by atoms with Crippen LogP contribution in [0, 0.1) is 0 Å². The Hall–Kier alpha value is -1.37. The van der Waals surface area contributed by atoms with Crippen molar-refractivity contribution in [3.63, 3.8) is 0 Å². The highest BCUT2D eigenvalue weighted by Gasteiger charge is 2.34. The summed E-state index contributed by atoms with van der Waals surface area (Å²) < 4.78 is 36.3. The summed E-state index contributed by atoms with van der Waals surface area (Å²) in [6.07, 6.45) is -3.86. The molecule has 1 aromatic heterocycles. The van der Waals surface area contributed by atoms with Crippen LogP contribution < -0.4 is 5.32 Å². The van der Waals surface area contributed by atoms with Crippen LogP contribution >= 0.6 is 11.6 Å². The smallest absolute Gasteiger partial charge is 0.297 e. The lowest BCUT2D eigenvalue weighted by Gasteiger charge is -2.07. The first-order valence-electron chi connectivity index (χ1n) is 3.25. The van der Waals surface area contributed by atoms with E-state index in [1.54, 1.807) is 0 Å². The van der Waals surface area contributed by atoms with E-state index in [9.17, 15) is 18.0 Å². The Kier molecular flexibility index (Phi) is 2.90. The van der Waals surface area contributed by atoms with Gasteiger partial charge in [-0.3, -0.25) is 10.1 Å². The number of nitrogens with one attached hydrogen (secondary N) is 1. The van der Waals surface area contributed by atoms with Gasteiger partial charge in [-0.15, -0.1) is 0 Å². The van der Waals surface area contributed by atoms with E-state index in [0.29, 0.717) is 6.20 Å². The number of alkyl halides is 3. The number of carbonyl (C=O) groups is 1. The van der Waals surface area contributed by atoms with Crippen LogP contribution in [0.5, 0.6) is 0 Å². The summed E-state index contributed by atoms with van der Waals surface area (Å²) in [6.45, 7) is 0. The Balaban J connectivity index is 3.07. The van der Waals surface area contributed by atoms with Gasteiger partial charge in [-0.05, 0) is 0 Å². The fraction of sp³-hybridized carbons (Fsp3) is 0.167. The third kappa shape index (κ3) is 2.32. The quantitative estimate of drug-likeness (QED) is 0.616. The largest absolute Gasteiger partial charge is 0.420 e. The average Bonchev–Trinajstić information content (AvgIpc) is 2.02. The molecule has 0 saturated carbocycles. The molecule has 0 aliphatic heterocycles. The van der Waals surface area contributed by atoms with Gasteiger partial charge in [0.15, 0.2) is 0 Å². The molecule has 0 fully saturated rings. The van der Waals surface area contributed by atoms with Crippen molar-refractivity contribution in [2.24, 2.45) is 0 Å². The third-order valence-electron chi connectivity index (χ3n) is 1.24. The van der Waals surface area contributed by atoms with Crippen LogP contribution in [-0.4, -0.2) is 16.4 Å². The number of carbonyl (C=O) groups excluding carboxylic acids is 1. The van der Waals surface area contributed by atoms with Gasteiger partial charge in [0.1, 0.15) is 10.7 Å². The number of hydrogen-bond acceptors (Lipinski definition) is 3. The van der Waals surface area contributed by atoms with Gasteiger partial charge in [-0.1, -0.05) is 11.6 Å². The minimum Gasteiger partial charge on any atom is -0.297 e. The minimum absolute atomic E-state index is 0.235. The van der Waals surface area contributed by atoms with Crippen LogP contribution in [0.2, 0.25) is 5.15 Å². The Morgan fingerprint density at radius 1 is 1.50 bits per heavy atom. The Morgan fingerprint density at radius 3 is 2.57 bits per heavy atom. The second-order valence-electron chi connectivity index (χ2n) is 2.16. The zero-order valence-electron chi connectivity index (χ0n) is 6.47. The molecule has 76 valence electrons. The van der Waals surface area contributed by atoms with Gasteiger partial charge in [0.05, 0.1) is 0 Å². The Morgan fingerprint density at radius 2 is 2.14 bits per heavy atom. The molecule has 1 amide bonds. The molecule has 0 unspecified atom stereocenters. The predicted octanol–water partition coefficient (Wildman–Crippen LogP) is 1.72. The standard InChI is InChI=1S/C6H3ClF3N3O/c7-4-3(6(8,9)10)1-11-5(13-4)12-2-14/h1-2H,(H,11,12,13,14). The maximum absolute atomic E-state index is 12.1. The van der Waals surface area contributed by atoms with Gasteiger partial charge in [-0.25, -0.2) is 9.97 Å². The number of anilines is 1. The van der Waals surface area contributed by atoms with Crippen molar-refractivity contribution in [2.45, 2.75) is 6.18 Å². The van der Waals surface area contributed by atoms with E-state index in [1.165, 1.54) is 0 Å². The molecule has 0 spiro atoms. The summed E-state index contributed by atoms with van der Waals surface area (Å²) >= 11 is 5.22. The van der Waals surface area contributed by atoms with Crippen LogP contribution in [0.15, 0.2) is 6.20 Å². The molecular formula is C6H3ClF3N3O. The molecular weight excluding hydrogens is 223 g/mol. The molecule has 8 heteroatoms. The molecule has 0 bridgehead atoms. The first-order valence-corrected chi connectivity index (χ1v) is 3.63. The van der Waals surface area contributed by atoms with Gasteiger partial charge in [0.25, 0.3) is 0 Å². The minimum atomic E-state index is -4.60. The van der Waals surface area contributed by atoms with E-state index in [2.05, 4.69) is 9.97 Å². The molecule has 0 aliphatic rings. The number of nitrogens with zero attached hydrogens (tertiary/aromatic N) is 2. The van der Waals surface area contributed by atoms with Crippen LogP contribution in [-0.2, 0) is 11.0 Å². The van der Waals surface area contributed by atoms with Crippen LogP contribution in [0.1, 0.15) is 5.56 Å². The summed E-state index contributed by atoms with van der Waals surface area (Å²) in [6, 6.07) is 0. The monoisotopic (exact) mass is 225 g/mol. The zero-order chi connectivity index (χ0) is 10.8. The first-order chi connectivity index (χ1) is 6.45. The molecule has 4 nitrogen and oxygen atoms in total. The molecule has 0 aliphatic carbocycles. The lowest BCUT2D eigenvalue weighted by atomic mass is 10.3. The van der Waals surface area contributed by atoms with Crippen molar-refractivity contribution in [1.29, 1.82) is 0 Å². The third-order valence-corrected chi connectivity index (χ3v) is 1.52. The second-order valence-corrected chi connectivity index (χ2v) is 2.52. The van der Waals surface area contributed by atoms with E-state index >= 15 is 0 Å². The lowest BCUT2D eigenvalue weighted by molar-refractivity contribution is -0.137. The van der Waals surface area contributed by atoms with E-state index in [-0.39, 0.29) is 12.4 Å². The fourth-order valence-corrected chi connectivity index (χ4v) is 0.909. The summed E-state index contributed by atoms with van der Waals surface area (Å²) in [5.74, 6) is -0.280. The number of hydrogen-bond donors (Lipinski definition) is 1. The molecule has 0 atom stereocenters. The summed E-state index contributed by atoms with van der Waals surface area (Å²) in [5.41, 5.74) is -1.14. The lowest BCUT2D eigenvalue weighted by Crippen LogP contribution is -2.09. The first kappa shape index (κ1) is 10.7. The molecule has 0 aromatic carbocycles. The molecule has 1 rings (SSSR count). The molecule has 0 radical (unpaired) electrons. The van der Waals surface area contributed by atoms with Crippen molar-refractivity contribution in [3.8, 4) is 0 Å². The van der Waals surface area contributed by atoms with Gasteiger partial charge in [-0.2, -0.15) is 13.2 Å². The maximum atomic E-state index is 12.1. The van der Waals surface area contributed by atoms with E-state index in [1.807, 2.05) is 5.32 Å². The number of aromatic nitrogens is 2. The van der Waals surface area contributed by atoms with Crippen molar-refractivity contribution in [3.05, 3.63) is 16.9 Å². The number of rotatable bonds is 2. The van der Waals surface area contributed by atoms with Gasteiger partial charge in [0.2, 0.25) is 12.4 Å². The molecule has 14 heavy (non-hydrogen) atoms. The van der Waals surface area contributed by atoms with Crippen LogP contribution in [0.25, 0.3) is 0 Å². The normalized spacial score (nSPS) is 11.1. The van der Waals surface area contributed by atoms with E-state index in [4.69, 9.17) is 11.6 Å². The second kappa shape index (κ2) is 3.79. The van der Waals surface area contributed by atoms with Crippen molar-refractivity contribution < 1.29 is 18.0 Å². The maximum Gasteiger partial charge on any atom is 0.420 e. The summed E-state index contributed by atoms with van der Waals surface area (Å²) in [5, 5.41) is 1.22. The predicted molar refractivity (Wildman–Crippen MR) is 41.7 cm³/mol. The topological polar surface area (TPSA) is 54.9 Å². The van der Waals surface area contributed by atoms with Crippen molar-refractivity contribution in [2.75, 3.05) is 5.32 Å². The Bertz CT molecular complexity index is 355. The van der Waals surface area contributed by atoms with Gasteiger partial charge < -0.3 is 0 Å². The zero-order valence-corrected chi connectivity index (χ0v) is 7.23. The Labute approximate surface area is 81.1 Å². The van der Waals surface area contributed by atoms with E-state index < -0.39 is 16.9 Å². The fourth-order valence-electron chi connectivity index (χ4n) is 0.673. The molecule has 1 N–H and O–H groups in total. The van der Waals surface area contributed by atoms with E-state index in [0.717, 1.165) is 0 Å². The highest BCUT2D eigenvalue weighted by Crippen LogP contribution is 2.33. The average molecular weight is 226 g/mol. The number of halogens is 4. The molecule has 0 saturated heterocycles. The highest BCUT2D eigenvalue weighted by molar-refractivity contribution is 6.30. The van der Waals surface area contributed by atoms with Crippen molar-refractivity contribution >= 4 is 24.0 Å². The SMILES string of the molecule is O=CNc1ncc(C(F)(F)F)c(Cl)n1. The highest BCUT2D eigenvalue weighted by atomic mass is 35.5. The summed E-state index contributed by atoms with van der Waals surface area (Å²) in [4.78, 5) is 16.4. The van der Waals surface area contributed by atoms with Crippen LogP contribution in [0.4, 0.5) is 19.1 Å². The summed E-state index contributed by atoms with van der Waals surface area (Å²) in [7, 11) is 0. The van der Waals surface area contributed by atoms with Gasteiger partial charge in [0, 0.05) is 6.20 Å².